The molecule has 1 N–H and O–H groups in total. The van der Waals surface area contributed by atoms with E-state index in [0.29, 0.717) is 6.04 Å². The first-order valence-corrected chi connectivity index (χ1v) is 8.23. The molecule has 3 rings (SSSR count). The minimum atomic E-state index is 0.703. The van der Waals surface area contributed by atoms with Crippen molar-refractivity contribution in [1.29, 1.82) is 0 Å². The monoisotopic (exact) mass is 275 g/mol. The van der Waals surface area contributed by atoms with Gasteiger partial charge in [-0.25, -0.2) is 4.98 Å². The third-order valence-electron chi connectivity index (χ3n) is 3.77. The Bertz CT molecular complexity index is 543. The number of benzene rings is 1. The number of rotatable bonds is 4. The van der Waals surface area contributed by atoms with Crippen LogP contribution in [0.2, 0.25) is 0 Å². The van der Waals surface area contributed by atoms with Gasteiger partial charge in [-0.3, -0.25) is 0 Å². The summed E-state index contributed by atoms with van der Waals surface area (Å²) in [7, 11) is 0. The zero-order chi connectivity index (χ0) is 13.1. The average Bonchev–Trinajstić information content (AvgIpc) is 2.76. The summed E-state index contributed by atoms with van der Waals surface area (Å²) >= 11 is 2.07. The summed E-state index contributed by atoms with van der Waals surface area (Å²) < 4.78 is 2.32. The van der Waals surface area contributed by atoms with Crippen LogP contribution in [0.3, 0.4) is 0 Å². The van der Waals surface area contributed by atoms with Gasteiger partial charge < -0.3 is 9.88 Å². The van der Waals surface area contributed by atoms with Crippen LogP contribution in [0.25, 0.3) is 11.0 Å². The van der Waals surface area contributed by atoms with Crippen LogP contribution in [-0.4, -0.2) is 33.6 Å². The van der Waals surface area contributed by atoms with Crippen molar-refractivity contribution in [3.63, 3.8) is 0 Å². The lowest BCUT2D eigenvalue weighted by Crippen LogP contribution is -2.35. The molecule has 0 aliphatic carbocycles. The third kappa shape index (κ3) is 2.95. The minimum absolute atomic E-state index is 0.703. The third-order valence-corrected chi connectivity index (χ3v) is 4.99. The first-order valence-electron chi connectivity index (χ1n) is 7.07. The van der Waals surface area contributed by atoms with Gasteiger partial charge in [0.1, 0.15) is 5.82 Å². The highest BCUT2D eigenvalue weighted by atomic mass is 32.2. The van der Waals surface area contributed by atoms with E-state index in [9.17, 15) is 0 Å². The van der Waals surface area contributed by atoms with Crippen molar-refractivity contribution < 1.29 is 0 Å². The molecule has 4 heteroatoms. The first-order chi connectivity index (χ1) is 9.34. The number of aromatic nitrogens is 2. The number of imidazole rings is 1. The summed E-state index contributed by atoms with van der Waals surface area (Å²) in [5.74, 6) is 3.72. The molecular weight excluding hydrogens is 254 g/mol. The van der Waals surface area contributed by atoms with Crippen molar-refractivity contribution in [1.82, 2.24) is 14.9 Å². The lowest BCUT2D eigenvalue weighted by molar-refractivity contribution is 0.486. The van der Waals surface area contributed by atoms with Gasteiger partial charge in [0.25, 0.3) is 0 Å². The molecule has 0 amide bonds. The van der Waals surface area contributed by atoms with E-state index < -0.39 is 0 Å². The molecule has 0 bridgehead atoms. The van der Waals surface area contributed by atoms with Crippen molar-refractivity contribution in [2.75, 3.05) is 18.1 Å². The number of nitrogens with one attached hydrogen (secondary N) is 1. The highest BCUT2D eigenvalue weighted by Gasteiger charge is 2.13. The van der Waals surface area contributed by atoms with Crippen molar-refractivity contribution in [3.8, 4) is 0 Å². The summed E-state index contributed by atoms with van der Waals surface area (Å²) in [6.45, 7) is 4.14. The van der Waals surface area contributed by atoms with Gasteiger partial charge in [-0.05, 0) is 37.7 Å². The largest absolute Gasteiger partial charge is 0.327 e. The van der Waals surface area contributed by atoms with Crippen LogP contribution in [0.5, 0.6) is 0 Å². The molecule has 2 heterocycles. The quantitative estimate of drug-likeness (QED) is 0.930. The van der Waals surface area contributed by atoms with E-state index >= 15 is 0 Å². The number of fused-ring (bicyclic) bond motifs is 1. The van der Waals surface area contributed by atoms with Crippen LogP contribution in [0, 0.1) is 6.92 Å². The Balaban J connectivity index is 1.63. The molecule has 0 saturated carbocycles. The molecular formula is C15H21N3S. The number of thioether (sulfide) groups is 1. The second-order valence-corrected chi connectivity index (χ2v) is 6.32. The van der Waals surface area contributed by atoms with Gasteiger partial charge in [-0.1, -0.05) is 12.1 Å². The SMILES string of the molecule is Cc1nc2ccccc2n1CCNC1CCCSC1. The van der Waals surface area contributed by atoms with Gasteiger partial charge in [0.05, 0.1) is 11.0 Å². The second kappa shape index (κ2) is 5.97. The average molecular weight is 275 g/mol. The Morgan fingerprint density at radius 1 is 1.42 bits per heavy atom. The van der Waals surface area contributed by atoms with Crippen LogP contribution in [0.1, 0.15) is 18.7 Å². The highest BCUT2D eigenvalue weighted by Crippen LogP contribution is 2.17. The van der Waals surface area contributed by atoms with Gasteiger partial charge in [0.2, 0.25) is 0 Å². The Hall–Kier alpha value is -1.00. The molecule has 1 aromatic heterocycles. The minimum Gasteiger partial charge on any atom is -0.327 e. The number of hydrogen-bond acceptors (Lipinski definition) is 3. The smallest absolute Gasteiger partial charge is 0.106 e. The molecule has 0 radical (unpaired) electrons. The van der Waals surface area contributed by atoms with Gasteiger partial charge in [-0.15, -0.1) is 0 Å². The number of para-hydroxylation sites is 2. The second-order valence-electron chi connectivity index (χ2n) is 5.17. The van der Waals surface area contributed by atoms with E-state index in [1.807, 2.05) is 0 Å². The zero-order valence-electron chi connectivity index (χ0n) is 11.4. The zero-order valence-corrected chi connectivity index (χ0v) is 12.2. The van der Waals surface area contributed by atoms with Crippen molar-refractivity contribution >= 4 is 22.8 Å². The van der Waals surface area contributed by atoms with Gasteiger partial charge >= 0.3 is 0 Å². The first kappa shape index (κ1) is 13.0. The molecule has 0 spiro atoms. The standard InChI is InChI=1S/C15H21N3S/c1-12-17-14-6-2-3-7-15(14)18(12)9-8-16-13-5-4-10-19-11-13/h2-3,6-7,13,16H,4-5,8-11H2,1H3. The fraction of sp³-hybridized carbons (Fsp3) is 0.533. The molecule has 102 valence electrons. The Labute approximate surface area is 118 Å². The van der Waals surface area contributed by atoms with Gasteiger partial charge in [0, 0.05) is 24.9 Å². The Kier molecular flexibility index (Phi) is 4.09. The van der Waals surface area contributed by atoms with E-state index in [4.69, 9.17) is 0 Å². The lowest BCUT2D eigenvalue weighted by atomic mass is 10.2. The van der Waals surface area contributed by atoms with Crippen LogP contribution in [0.4, 0.5) is 0 Å². The predicted octanol–water partition coefficient (Wildman–Crippen LogP) is 2.83. The molecule has 1 aliphatic rings. The summed E-state index contributed by atoms with van der Waals surface area (Å²) in [5.41, 5.74) is 2.35. The Morgan fingerprint density at radius 2 is 2.32 bits per heavy atom. The number of aryl methyl sites for hydroxylation is 1. The van der Waals surface area contributed by atoms with E-state index in [-0.39, 0.29) is 0 Å². The number of nitrogens with zero attached hydrogens (tertiary/aromatic N) is 2. The summed E-state index contributed by atoms with van der Waals surface area (Å²) in [4.78, 5) is 4.61. The molecule has 1 aliphatic heterocycles. The molecule has 1 fully saturated rings. The predicted molar refractivity (Wildman–Crippen MR) is 82.8 cm³/mol. The van der Waals surface area contributed by atoms with Gasteiger partial charge in [0.15, 0.2) is 0 Å². The molecule has 19 heavy (non-hydrogen) atoms. The molecule has 2 aromatic rings. The van der Waals surface area contributed by atoms with Crippen molar-refractivity contribution in [2.45, 2.75) is 32.4 Å². The van der Waals surface area contributed by atoms with E-state index in [1.165, 1.54) is 29.9 Å². The van der Waals surface area contributed by atoms with Crippen LogP contribution in [0.15, 0.2) is 24.3 Å². The lowest BCUT2D eigenvalue weighted by Gasteiger charge is -2.22. The molecule has 1 unspecified atom stereocenters. The van der Waals surface area contributed by atoms with E-state index in [2.05, 4.69) is 57.8 Å². The normalized spacial score (nSPS) is 19.9. The molecule has 1 atom stereocenters. The van der Waals surface area contributed by atoms with Crippen molar-refractivity contribution in [3.05, 3.63) is 30.1 Å². The number of hydrogen-bond donors (Lipinski definition) is 1. The van der Waals surface area contributed by atoms with Crippen LogP contribution < -0.4 is 5.32 Å². The summed E-state index contributed by atoms with van der Waals surface area (Å²) in [5, 5.41) is 3.68. The van der Waals surface area contributed by atoms with E-state index in [1.54, 1.807) is 0 Å². The summed E-state index contributed by atoms with van der Waals surface area (Å²) in [6, 6.07) is 9.09. The molecule has 1 saturated heterocycles. The maximum atomic E-state index is 4.61. The van der Waals surface area contributed by atoms with Crippen LogP contribution in [-0.2, 0) is 6.54 Å². The molecule has 1 aromatic carbocycles. The maximum Gasteiger partial charge on any atom is 0.106 e. The highest BCUT2D eigenvalue weighted by molar-refractivity contribution is 7.99. The van der Waals surface area contributed by atoms with Crippen LogP contribution >= 0.6 is 11.8 Å². The molecule has 3 nitrogen and oxygen atoms in total. The van der Waals surface area contributed by atoms with Gasteiger partial charge in [-0.2, -0.15) is 11.8 Å². The maximum absolute atomic E-state index is 4.61. The summed E-state index contributed by atoms with van der Waals surface area (Å²) in [6.07, 6.45) is 2.69. The topological polar surface area (TPSA) is 29.9 Å². The van der Waals surface area contributed by atoms with Crippen molar-refractivity contribution in [2.24, 2.45) is 0 Å². The fourth-order valence-corrected chi connectivity index (χ4v) is 3.87. The fourth-order valence-electron chi connectivity index (χ4n) is 2.76. The van der Waals surface area contributed by atoms with E-state index in [0.717, 1.165) is 24.4 Å². The Morgan fingerprint density at radius 3 is 3.16 bits per heavy atom.